The van der Waals surface area contributed by atoms with Gasteiger partial charge in [0.05, 0.1) is 11.5 Å². The van der Waals surface area contributed by atoms with E-state index in [9.17, 15) is 14.9 Å². The molecule has 0 saturated carbocycles. The summed E-state index contributed by atoms with van der Waals surface area (Å²) in [6.07, 6.45) is 0.634. The summed E-state index contributed by atoms with van der Waals surface area (Å²) in [6.45, 7) is 1.93. The SMILES string of the molecule is Cc1cc(Br)cc([N+](=O)[O-])c1OCCCC(=O)NN. The lowest BCUT2D eigenvalue weighted by molar-refractivity contribution is -0.386. The lowest BCUT2D eigenvalue weighted by Crippen LogP contribution is -2.30. The normalized spacial score (nSPS) is 10.1. The van der Waals surface area contributed by atoms with Gasteiger partial charge in [-0.15, -0.1) is 0 Å². The molecule has 0 aliphatic rings. The molecule has 0 spiro atoms. The second kappa shape index (κ2) is 7.05. The first-order valence-electron chi connectivity index (χ1n) is 5.52. The highest BCUT2D eigenvalue weighted by molar-refractivity contribution is 9.10. The number of nitro benzene ring substituents is 1. The minimum Gasteiger partial charge on any atom is -0.487 e. The van der Waals surface area contributed by atoms with E-state index in [1.54, 1.807) is 13.0 Å². The molecule has 0 heterocycles. The first-order chi connectivity index (χ1) is 8.95. The van der Waals surface area contributed by atoms with Crippen molar-refractivity contribution in [3.63, 3.8) is 0 Å². The van der Waals surface area contributed by atoms with Gasteiger partial charge in [0.15, 0.2) is 5.75 Å². The van der Waals surface area contributed by atoms with Crippen molar-refractivity contribution in [1.29, 1.82) is 0 Å². The summed E-state index contributed by atoms with van der Waals surface area (Å²) in [5.41, 5.74) is 2.56. The average Bonchev–Trinajstić information content (AvgIpc) is 2.35. The number of carbonyl (C=O) groups is 1. The summed E-state index contributed by atoms with van der Waals surface area (Å²) in [4.78, 5) is 21.3. The fourth-order valence-electron chi connectivity index (χ4n) is 1.51. The number of hydrogen-bond acceptors (Lipinski definition) is 5. The van der Waals surface area contributed by atoms with E-state index in [0.717, 1.165) is 0 Å². The van der Waals surface area contributed by atoms with Crippen LogP contribution in [-0.2, 0) is 4.79 Å². The summed E-state index contributed by atoms with van der Waals surface area (Å²) in [5, 5.41) is 10.9. The predicted octanol–water partition coefficient (Wildman–Crippen LogP) is 1.81. The van der Waals surface area contributed by atoms with Gasteiger partial charge in [-0.25, -0.2) is 5.84 Å². The minimum absolute atomic E-state index is 0.102. The topological polar surface area (TPSA) is 107 Å². The Hall–Kier alpha value is -1.67. The number of ether oxygens (including phenoxy) is 1. The van der Waals surface area contributed by atoms with Crippen molar-refractivity contribution in [2.24, 2.45) is 5.84 Å². The van der Waals surface area contributed by atoms with Crippen LogP contribution in [0.15, 0.2) is 16.6 Å². The quantitative estimate of drug-likeness (QED) is 0.272. The first-order valence-corrected chi connectivity index (χ1v) is 6.31. The van der Waals surface area contributed by atoms with Gasteiger partial charge in [-0.1, -0.05) is 15.9 Å². The third kappa shape index (κ3) is 4.49. The van der Waals surface area contributed by atoms with E-state index in [-0.39, 0.29) is 30.4 Å². The zero-order chi connectivity index (χ0) is 14.4. The summed E-state index contributed by atoms with van der Waals surface area (Å²) in [7, 11) is 0. The van der Waals surface area contributed by atoms with Gasteiger partial charge < -0.3 is 4.74 Å². The van der Waals surface area contributed by atoms with E-state index >= 15 is 0 Å². The molecular weight excluding hydrogens is 318 g/mol. The van der Waals surface area contributed by atoms with Crippen molar-refractivity contribution in [3.05, 3.63) is 32.3 Å². The number of hydrazine groups is 1. The number of aryl methyl sites for hydroxylation is 1. The van der Waals surface area contributed by atoms with Crippen molar-refractivity contribution in [2.45, 2.75) is 19.8 Å². The fraction of sp³-hybridized carbons (Fsp3) is 0.364. The Kier molecular flexibility index (Phi) is 5.71. The van der Waals surface area contributed by atoms with E-state index in [2.05, 4.69) is 15.9 Å². The molecule has 0 aliphatic heterocycles. The first kappa shape index (κ1) is 15.4. The van der Waals surface area contributed by atoms with Crippen LogP contribution in [0.4, 0.5) is 5.69 Å². The summed E-state index contributed by atoms with van der Waals surface area (Å²) in [6, 6.07) is 3.11. The van der Waals surface area contributed by atoms with E-state index in [1.165, 1.54) is 6.07 Å². The predicted molar refractivity (Wildman–Crippen MR) is 72.6 cm³/mol. The molecule has 3 N–H and O–H groups in total. The number of rotatable bonds is 6. The molecule has 0 unspecified atom stereocenters. The molecular formula is C11H14BrN3O4. The third-order valence-electron chi connectivity index (χ3n) is 2.37. The Bertz CT molecular complexity index is 493. The molecule has 0 aromatic heterocycles. The Labute approximate surface area is 118 Å². The van der Waals surface area contributed by atoms with E-state index in [1.807, 2.05) is 5.43 Å². The van der Waals surface area contributed by atoms with E-state index < -0.39 is 4.92 Å². The fourth-order valence-corrected chi connectivity index (χ4v) is 2.07. The number of nitro groups is 1. The zero-order valence-electron chi connectivity index (χ0n) is 10.3. The minimum atomic E-state index is -0.500. The number of hydrogen-bond donors (Lipinski definition) is 2. The highest BCUT2D eigenvalue weighted by atomic mass is 79.9. The number of nitrogens with one attached hydrogen (secondary N) is 1. The van der Waals surface area contributed by atoms with Crippen LogP contribution in [0, 0.1) is 17.0 Å². The maximum atomic E-state index is 10.9. The van der Waals surface area contributed by atoms with Gasteiger partial charge in [0.1, 0.15) is 0 Å². The molecule has 0 atom stereocenters. The molecule has 0 radical (unpaired) electrons. The molecule has 1 aromatic carbocycles. The lowest BCUT2D eigenvalue weighted by atomic mass is 10.2. The standard InChI is InChI=1S/C11H14BrN3O4/c1-7-5-8(12)6-9(15(17)18)11(7)19-4-2-3-10(16)14-13/h5-6H,2-4,13H2,1H3,(H,14,16). The van der Waals surface area contributed by atoms with Crippen molar-refractivity contribution < 1.29 is 14.5 Å². The van der Waals surface area contributed by atoms with Crippen molar-refractivity contribution in [3.8, 4) is 5.75 Å². The Morgan fingerprint density at radius 1 is 1.58 bits per heavy atom. The van der Waals surface area contributed by atoms with Gasteiger partial charge in [-0.3, -0.25) is 20.3 Å². The molecule has 1 aromatic rings. The number of nitrogens with two attached hydrogens (primary N) is 1. The number of amides is 1. The van der Waals surface area contributed by atoms with Crippen molar-refractivity contribution in [2.75, 3.05) is 6.61 Å². The molecule has 0 saturated heterocycles. The molecule has 1 rings (SSSR count). The molecule has 0 fully saturated rings. The molecule has 104 valence electrons. The summed E-state index contributed by atoms with van der Waals surface area (Å²) in [5.74, 6) is 4.86. The number of halogens is 1. The Balaban J connectivity index is 2.72. The van der Waals surface area contributed by atoms with Crippen LogP contribution in [0.25, 0.3) is 0 Å². The zero-order valence-corrected chi connectivity index (χ0v) is 11.9. The highest BCUT2D eigenvalue weighted by Gasteiger charge is 2.18. The molecule has 8 heteroatoms. The van der Waals surface area contributed by atoms with Crippen LogP contribution < -0.4 is 16.0 Å². The van der Waals surface area contributed by atoms with Crippen LogP contribution in [-0.4, -0.2) is 17.4 Å². The molecule has 0 aliphatic carbocycles. The van der Waals surface area contributed by atoms with E-state index in [4.69, 9.17) is 10.6 Å². The maximum Gasteiger partial charge on any atom is 0.312 e. The van der Waals surface area contributed by atoms with Gasteiger partial charge in [0.2, 0.25) is 5.91 Å². The van der Waals surface area contributed by atoms with Crippen LogP contribution in [0.5, 0.6) is 5.75 Å². The smallest absolute Gasteiger partial charge is 0.312 e. The van der Waals surface area contributed by atoms with Gasteiger partial charge in [-0.2, -0.15) is 0 Å². The van der Waals surface area contributed by atoms with Crippen LogP contribution in [0.1, 0.15) is 18.4 Å². The second-order valence-electron chi connectivity index (χ2n) is 3.85. The van der Waals surface area contributed by atoms with E-state index in [0.29, 0.717) is 16.5 Å². The Morgan fingerprint density at radius 2 is 2.26 bits per heavy atom. The maximum absolute atomic E-state index is 10.9. The van der Waals surface area contributed by atoms with Gasteiger partial charge in [0, 0.05) is 17.0 Å². The van der Waals surface area contributed by atoms with Crippen LogP contribution >= 0.6 is 15.9 Å². The number of nitrogens with zero attached hydrogens (tertiary/aromatic N) is 1. The van der Waals surface area contributed by atoms with Gasteiger partial charge in [0.25, 0.3) is 0 Å². The third-order valence-corrected chi connectivity index (χ3v) is 2.83. The molecule has 19 heavy (non-hydrogen) atoms. The highest BCUT2D eigenvalue weighted by Crippen LogP contribution is 2.34. The monoisotopic (exact) mass is 331 g/mol. The second-order valence-corrected chi connectivity index (χ2v) is 4.76. The van der Waals surface area contributed by atoms with Crippen molar-refractivity contribution in [1.82, 2.24) is 5.43 Å². The van der Waals surface area contributed by atoms with Gasteiger partial charge >= 0.3 is 5.69 Å². The number of carbonyl (C=O) groups excluding carboxylic acids is 1. The summed E-state index contributed by atoms with van der Waals surface area (Å²) >= 11 is 3.20. The van der Waals surface area contributed by atoms with Crippen LogP contribution in [0.2, 0.25) is 0 Å². The average molecular weight is 332 g/mol. The lowest BCUT2D eigenvalue weighted by Gasteiger charge is -2.09. The molecule has 0 bridgehead atoms. The van der Waals surface area contributed by atoms with Crippen molar-refractivity contribution >= 4 is 27.5 Å². The van der Waals surface area contributed by atoms with Crippen LogP contribution in [0.3, 0.4) is 0 Å². The Morgan fingerprint density at radius 3 is 2.84 bits per heavy atom. The molecule has 1 amide bonds. The largest absolute Gasteiger partial charge is 0.487 e. The van der Waals surface area contributed by atoms with Gasteiger partial charge in [-0.05, 0) is 25.0 Å². The summed E-state index contributed by atoms with van der Waals surface area (Å²) < 4.78 is 6.01. The molecule has 7 nitrogen and oxygen atoms in total. The number of benzene rings is 1.